The van der Waals surface area contributed by atoms with Gasteiger partial charge in [-0.05, 0) is 30.7 Å². The number of hydrogen-bond acceptors (Lipinski definition) is 1. The van der Waals surface area contributed by atoms with Crippen molar-refractivity contribution < 1.29 is 18.3 Å². The van der Waals surface area contributed by atoms with Gasteiger partial charge in [-0.25, -0.2) is 13.2 Å². The highest BCUT2D eigenvalue weighted by Gasteiger charge is 2.28. The van der Waals surface area contributed by atoms with Crippen LogP contribution in [0.2, 0.25) is 0 Å². The van der Waals surface area contributed by atoms with E-state index in [1.807, 2.05) is 0 Å². The summed E-state index contributed by atoms with van der Waals surface area (Å²) in [6.07, 6.45) is -0.00880. The second kappa shape index (κ2) is 5.05. The first-order valence-corrected chi connectivity index (χ1v) is 5.81. The van der Waals surface area contributed by atoms with E-state index in [4.69, 9.17) is 0 Å². The van der Waals surface area contributed by atoms with Crippen LogP contribution in [0.4, 0.5) is 13.2 Å². The van der Waals surface area contributed by atoms with E-state index >= 15 is 0 Å². The molecule has 1 atom stereocenters. The Balaban J connectivity index is 2.34. The third-order valence-corrected chi connectivity index (χ3v) is 2.97. The van der Waals surface area contributed by atoms with Crippen molar-refractivity contribution in [3.63, 3.8) is 0 Å². The zero-order chi connectivity index (χ0) is 14.0. The predicted octanol–water partition coefficient (Wildman–Crippen LogP) is 3.55. The van der Waals surface area contributed by atoms with Crippen LogP contribution in [-0.4, -0.2) is 5.11 Å². The van der Waals surface area contributed by atoms with E-state index in [2.05, 4.69) is 0 Å². The molecule has 0 bridgehead atoms. The molecule has 2 aromatic rings. The summed E-state index contributed by atoms with van der Waals surface area (Å²) in [5, 5.41) is 10.3. The summed E-state index contributed by atoms with van der Waals surface area (Å²) in [5.41, 5.74) is -1.25. The van der Waals surface area contributed by atoms with Crippen LogP contribution < -0.4 is 0 Å². The van der Waals surface area contributed by atoms with Gasteiger partial charge >= 0.3 is 0 Å². The molecular weight excluding hydrogens is 253 g/mol. The Morgan fingerprint density at radius 2 is 1.74 bits per heavy atom. The molecule has 2 rings (SSSR count). The summed E-state index contributed by atoms with van der Waals surface area (Å²) in [4.78, 5) is 0. The molecule has 0 fully saturated rings. The van der Waals surface area contributed by atoms with Crippen LogP contribution in [0.25, 0.3) is 0 Å². The molecule has 0 aliphatic rings. The standard InChI is InChI=1S/C15H13F3O/c1-15(19,9-10-4-2-5-11(16)8-10)12-6-3-7-13(17)14(12)18/h2-8,19H,9H2,1H3. The molecule has 100 valence electrons. The lowest BCUT2D eigenvalue weighted by Crippen LogP contribution is -2.26. The third kappa shape index (κ3) is 2.96. The third-order valence-electron chi connectivity index (χ3n) is 2.97. The Labute approximate surface area is 109 Å². The molecule has 0 aliphatic carbocycles. The van der Waals surface area contributed by atoms with E-state index in [1.54, 1.807) is 6.07 Å². The molecule has 4 heteroatoms. The molecule has 1 nitrogen and oxygen atoms in total. The van der Waals surface area contributed by atoms with Crippen molar-refractivity contribution in [1.82, 2.24) is 0 Å². The van der Waals surface area contributed by atoms with E-state index in [0.717, 1.165) is 6.07 Å². The van der Waals surface area contributed by atoms with Gasteiger partial charge in [0.05, 0.1) is 5.60 Å². The highest BCUT2D eigenvalue weighted by Crippen LogP contribution is 2.28. The van der Waals surface area contributed by atoms with Crippen molar-refractivity contribution in [2.24, 2.45) is 0 Å². The Kier molecular flexibility index (Phi) is 3.62. The number of rotatable bonds is 3. The summed E-state index contributed by atoms with van der Waals surface area (Å²) < 4.78 is 39.9. The van der Waals surface area contributed by atoms with E-state index in [1.165, 1.54) is 37.3 Å². The Hall–Kier alpha value is -1.81. The topological polar surface area (TPSA) is 20.2 Å². The molecule has 2 aromatic carbocycles. The molecule has 0 saturated heterocycles. The smallest absolute Gasteiger partial charge is 0.164 e. The van der Waals surface area contributed by atoms with Crippen LogP contribution in [-0.2, 0) is 12.0 Å². The minimum atomic E-state index is -1.61. The van der Waals surface area contributed by atoms with Crippen LogP contribution in [0.5, 0.6) is 0 Å². The molecule has 0 radical (unpaired) electrons. The second-order valence-electron chi connectivity index (χ2n) is 4.68. The average molecular weight is 266 g/mol. The number of hydrogen-bond donors (Lipinski definition) is 1. The van der Waals surface area contributed by atoms with Gasteiger partial charge in [0.2, 0.25) is 0 Å². The lowest BCUT2D eigenvalue weighted by Gasteiger charge is -2.24. The van der Waals surface area contributed by atoms with E-state index < -0.39 is 23.1 Å². The highest BCUT2D eigenvalue weighted by molar-refractivity contribution is 5.28. The Morgan fingerprint density at radius 1 is 1.05 bits per heavy atom. The second-order valence-corrected chi connectivity index (χ2v) is 4.68. The lowest BCUT2D eigenvalue weighted by molar-refractivity contribution is 0.0530. The minimum Gasteiger partial charge on any atom is -0.385 e. The van der Waals surface area contributed by atoms with Crippen molar-refractivity contribution in [3.8, 4) is 0 Å². The summed E-state index contributed by atoms with van der Waals surface area (Å²) in [5.74, 6) is -2.53. The van der Waals surface area contributed by atoms with Crippen LogP contribution in [0.15, 0.2) is 42.5 Å². The Morgan fingerprint density at radius 3 is 2.42 bits per heavy atom. The number of halogens is 3. The highest BCUT2D eigenvalue weighted by atomic mass is 19.2. The van der Waals surface area contributed by atoms with Crippen molar-refractivity contribution in [1.29, 1.82) is 0 Å². The van der Waals surface area contributed by atoms with Crippen molar-refractivity contribution in [2.45, 2.75) is 18.9 Å². The molecule has 0 amide bonds. The molecule has 1 N–H and O–H groups in total. The quantitative estimate of drug-likeness (QED) is 0.900. The minimum absolute atomic E-state index is 0.00880. The van der Waals surface area contributed by atoms with E-state index in [0.29, 0.717) is 5.56 Å². The first-order valence-electron chi connectivity index (χ1n) is 5.81. The summed E-state index contributed by atoms with van der Waals surface area (Å²) >= 11 is 0. The van der Waals surface area contributed by atoms with Gasteiger partial charge in [-0.15, -0.1) is 0 Å². The largest absolute Gasteiger partial charge is 0.385 e. The fourth-order valence-electron chi connectivity index (χ4n) is 2.06. The Bertz CT molecular complexity index is 594. The van der Waals surface area contributed by atoms with E-state index in [-0.39, 0.29) is 12.0 Å². The summed E-state index contributed by atoms with van der Waals surface area (Å²) in [7, 11) is 0. The van der Waals surface area contributed by atoms with Gasteiger partial charge in [-0.1, -0.05) is 24.3 Å². The van der Waals surface area contributed by atoms with Crippen molar-refractivity contribution in [3.05, 3.63) is 71.0 Å². The van der Waals surface area contributed by atoms with Gasteiger partial charge in [0.15, 0.2) is 11.6 Å². The number of aliphatic hydroxyl groups is 1. The normalized spacial score (nSPS) is 14.2. The maximum atomic E-state index is 13.7. The lowest BCUT2D eigenvalue weighted by atomic mass is 9.88. The van der Waals surface area contributed by atoms with Gasteiger partial charge < -0.3 is 5.11 Å². The van der Waals surface area contributed by atoms with Crippen LogP contribution >= 0.6 is 0 Å². The predicted molar refractivity (Wildman–Crippen MR) is 66.0 cm³/mol. The first kappa shape index (κ1) is 13.6. The maximum Gasteiger partial charge on any atom is 0.164 e. The monoisotopic (exact) mass is 266 g/mol. The summed E-state index contributed by atoms with van der Waals surface area (Å²) in [6, 6.07) is 9.28. The molecule has 1 unspecified atom stereocenters. The number of benzene rings is 2. The first-order chi connectivity index (χ1) is 8.90. The zero-order valence-electron chi connectivity index (χ0n) is 10.3. The van der Waals surface area contributed by atoms with Gasteiger partial charge in [-0.3, -0.25) is 0 Å². The van der Waals surface area contributed by atoms with Gasteiger partial charge in [-0.2, -0.15) is 0 Å². The molecule has 0 saturated carbocycles. The molecular formula is C15H13F3O. The molecule has 0 spiro atoms. The van der Waals surface area contributed by atoms with Crippen LogP contribution in [0.1, 0.15) is 18.1 Å². The molecule has 0 aromatic heterocycles. The van der Waals surface area contributed by atoms with Gasteiger partial charge in [0.25, 0.3) is 0 Å². The summed E-state index contributed by atoms with van der Waals surface area (Å²) in [6.45, 7) is 1.37. The van der Waals surface area contributed by atoms with Gasteiger partial charge in [0, 0.05) is 12.0 Å². The fraction of sp³-hybridized carbons (Fsp3) is 0.200. The van der Waals surface area contributed by atoms with Crippen molar-refractivity contribution >= 4 is 0 Å². The molecule has 0 heterocycles. The SMILES string of the molecule is CC(O)(Cc1cccc(F)c1)c1cccc(F)c1F. The maximum absolute atomic E-state index is 13.7. The van der Waals surface area contributed by atoms with Crippen LogP contribution in [0.3, 0.4) is 0 Å². The molecule has 0 aliphatic heterocycles. The van der Waals surface area contributed by atoms with Crippen molar-refractivity contribution in [2.75, 3.05) is 0 Å². The van der Waals surface area contributed by atoms with E-state index in [9.17, 15) is 18.3 Å². The van der Waals surface area contributed by atoms with Crippen LogP contribution in [0, 0.1) is 17.5 Å². The molecule has 19 heavy (non-hydrogen) atoms. The van der Waals surface area contributed by atoms with Gasteiger partial charge in [0.1, 0.15) is 5.82 Å². The zero-order valence-corrected chi connectivity index (χ0v) is 10.3. The average Bonchev–Trinajstić information content (AvgIpc) is 2.32. The fourth-order valence-corrected chi connectivity index (χ4v) is 2.06.